The Hall–Kier alpha value is -1.99. The molecule has 168 valence electrons. The van der Waals surface area contributed by atoms with Crippen molar-refractivity contribution in [3.05, 3.63) is 24.3 Å². The fraction of sp³-hybridized carbons (Fsp3) is 0.696. The third-order valence-corrected chi connectivity index (χ3v) is 5.66. The van der Waals surface area contributed by atoms with Crippen LogP contribution in [-0.2, 0) is 9.47 Å². The fourth-order valence-electron chi connectivity index (χ4n) is 3.90. The maximum atomic E-state index is 6.12. The number of guanidine groups is 1. The number of piperidine rings is 1. The molecule has 2 saturated heterocycles. The standard InChI is InChI=1S/C23H37N3O4/c1-24-23(25-12-6-16-28-21-9-5-8-20(17-21)27-2)26-13-10-19(11-14-26)30-18-22-7-3-4-15-29-22/h5,8-9,17,19,22H,3-4,6-7,10-16,18H2,1-2H3,(H,24,25). The van der Waals surface area contributed by atoms with Gasteiger partial charge in [-0.1, -0.05) is 6.07 Å². The monoisotopic (exact) mass is 419 g/mol. The van der Waals surface area contributed by atoms with Crippen molar-refractivity contribution >= 4 is 5.96 Å². The summed E-state index contributed by atoms with van der Waals surface area (Å²) in [6.07, 6.45) is 7.19. The summed E-state index contributed by atoms with van der Waals surface area (Å²) in [7, 11) is 3.51. The molecule has 1 N–H and O–H groups in total. The summed E-state index contributed by atoms with van der Waals surface area (Å²) in [5, 5.41) is 3.46. The first-order valence-corrected chi connectivity index (χ1v) is 11.2. The van der Waals surface area contributed by atoms with Gasteiger partial charge in [-0.2, -0.15) is 0 Å². The van der Waals surface area contributed by atoms with Gasteiger partial charge in [0.25, 0.3) is 0 Å². The van der Waals surface area contributed by atoms with Crippen LogP contribution in [0.15, 0.2) is 29.3 Å². The Morgan fingerprint density at radius 1 is 1.20 bits per heavy atom. The van der Waals surface area contributed by atoms with Gasteiger partial charge < -0.3 is 29.2 Å². The predicted octanol–water partition coefficient (Wildman–Crippen LogP) is 3.09. The van der Waals surface area contributed by atoms with Gasteiger partial charge in [-0.05, 0) is 50.7 Å². The highest BCUT2D eigenvalue weighted by atomic mass is 16.5. The van der Waals surface area contributed by atoms with Crippen molar-refractivity contribution < 1.29 is 18.9 Å². The normalized spacial score (nSPS) is 20.8. The van der Waals surface area contributed by atoms with Gasteiger partial charge in [0.2, 0.25) is 0 Å². The van der Waals surface area contributed by atoms with Crippen LogP contribution >= 0.6 is 0 Å². The zero-order valence-corrected chi connectivity index (χ0v) is 18.5. The van der Waals surface area contributed by atoms with E-state index in [2.05, 4.69) is 15.2 Å². The van der Waals surface area contributed by atoms with Crippen LogP contribution in [0.3, 0.4) is 0 Å². The summed E-state index contributed by atoms with van der Waals surface area (Å²) in [4.78, 5) is 6.77. The Balaban J connectivity index is 1.28. The van der Waals surface area contributed by atoms with Crippen molar-refractivity contribution in [1.29, 1.82) is 0 Å². The molecule has 1 unspecified atom stereocenters. The zero-order valence-electron chi connectivity index (χ0n) is 18.5. The smallest absolute Gasteiger partial charge is 0.193 e. The molecule has 1 aromatic carbocycles. The van der Waals surface area contributed by atoms with Crippen LogP contribution in [0.25, 0.3) is 0 Å². The second kappa shape index (κ2) is 12.6. The van der Waals surface area contributed by atoms with Crippen LogP contribution in [0.1, 0.15) is 38.5 Å². The minimum absolute atomic E-state index is 0.297. The molecule has 2 heterocycles. The predicted molar refractivity (Wildman–Crippen MR) is 119 cm³/mol. The highest BCUT2D eigenvalue weighted by Gasteiger charge is 2.23. The van der Waals surface area contributed by atoms with E-state index in [-0.39, 0.29) is 0 Å². The highest BCUT2D eigenvalue weighted by Crippen LogP contribution is 2.19. The van der Waals surface area contributed by atoms with E-state index in [0.29, 0.717) is 18.8 Å². The van der Waals surface area contributed by atoms with Gasteiger partial charge in [-0.3, -0.25) is 4.99 Å². The Labute approximate surface area is 180 Å². The third-order valence-electron chi connectivity index (χ3n) is 5.66. The van der Waals surface area contributed by atoms with Gasteiger partial charge in [0.1, 0.15) is 11.5 Å². The van der Waals surface area contributed by atoms with E-state index in [9.17, 15) is 0 Å². The molecular weight excluding hydrogens is 382 g/mol. The van der Waals surface area contributed by atoms with Crippen LogP contribution in [0.5, 0.6) is 11.5 Å². The van der Waals surface area contributed by atoms with E-state index in [0.717, 1.165) is 76.0 Å². The van der Waals surface area contributed by atoms with E-state index in [1.165, 1.54) is 12.8 Å². The maximum Gasteiger partial charge on any atom is 0.193 e. The number of aliphatic imine (C=N–C) groups is 1. The lowest BCUT2D eigenvalue weighted by Gasteiger charge is -2.35. The van der Waals surface area contributed by atoms with Crippen molar-refractivity contribution in [3.63, 3.8) is 0 Å². The molecule has 30 heavy (non-hydrogen) atoms. The molecule has 1 aromatic rings. The second-order valence-corrected chi connectivity index (χ2v) is 7.86. The Bertz CT molecular complexity index is 641. The molecule has 0 radical (unpaired) electrons. The largest absolute Gasteiger partial charge is 0.497 e. The Kier molecular flexibility index (Phi) is 9.57. The van der Waals surface area contributed by atoms with Crippen molar-refractivity contribution in [2.75, 3.05) is 53.6 Å². The maximum absolute atomic E-state index is 6.12. The number of methoxy groups -OCH3 is 1. The van der Waals surface area contributed by atoms with E-state index in [1.807, 2.05) is 31.3 Å². The van der Waals surface area contributed by atoms with Crippen LogP contribution in [0.4, 0.5) is 0 Å². The molecule has 0 spiro atoms. The zero-order chi connectivity index (χ0) is 21.0. The number of ether oxygens (including phenoxy) is 4. The molecule has 0 aromatic heterocycles. The third kappa shape index (κ3) is 7.36. The topological polar surface area (TPSA) is 64.6 Å². The van der Waals surface area contributed by atoms with E-state index >= 15 is 0 Å². The lowest BCUT2D eigenvalue weighted by molar-refractivity contribution is -0.0721. The lowest BCUT2D eigenvalue weighted by Crippen LogP contribution is -2.47. The quantitative estimate of drug-likeness (QED) is 0.377. The van der Waals surface area contributed by atoms with Crippen LogP contribution < -0.4 is 14.8 Å². The molecule has 2 aliphatic rings. The summed E-state index contributed by atoms with van der Waals surface area (Å²) >= 11 is 0. The Morgan fingerprint density at radius 2 is 2.03 bits per heavy atom. The number of nitrogens with one attached hydrogen (secondary N) is 1. The summed E-state index contributed by atoms with van der Waals surface area (Å²) in [5.74, 6) is 2.61. The fourth-order valence-corrected chi connectivity index (χ4v) is 3.90. The molecule has 7 heteroatoms. The van der Waals surface area contributed by atoms with Gasteiger partial charge >= 0.3 is 0 Å². The van der Waals surface area contributed by atoms with Gasteiger partial charge in [-0.15, -0.1) is 0 Å². The summed E-state index contributed by atoms with van der Waals surface area (Å²) in [6, 6.07) is 7.70. The van der Waals surface area contributed by atoms with Crippen LogP contribution in [-0.4, -0.2) is 76.7 Å². The van der Waals surface area contributed by atoms with Crippen LogP contribution in [0.2, 0.25) is 0 Å². The highest BCUT2D eigenvalue weighted by molar-refractivity contribution is 5.79. The van der Waals surface area contributed by atoms with Gasteiger partial charge in [0.15, 0.2) is 5.96 Å². The van der Waals surface area contributed by atoms with Gasteiger partial charge in [0, 0.05) is 39.4 Å². The van der Waals surface area contributed by atoms with Crippen molar-refractivity contribution in [1.82, 2.24) is 10.2 Å². The van der Waals surface area contributed by atoms with Crippen molar-refractivity contribution in [2.24, 2.45) is 4.99 Å². The van der Waals surface area contributed by atoms with E-state index < -0.39 is 0 Å². The van der Waals surface area contributed by atoms with E-state index in [1.54, 1.807) is 7.11 Å². The summed E-state index contributed by atoms with van der Waals surface area (Å²) in [5.41, 5.74) is 0. The van der Waals surface area contributed by atoms with Crippen molar-refractivity contribution in [2.45, 2.75) is 50.7 Å². The first kappa shape index (κ1) is 22.7. The molecular formula is C23H37N3O4. The first-order valence-electron chi connectivity index (χ1n) is 11.2. The van der Waals surface area contributed by atoms with E-state index in [4.69, 9.17) is 18.9 Å². The number of rotatable bonds is 9. The molecule has 0 amide bonds. The average molecular weight is 420 g/mol. The summed E-state index contributed by atoms with van der Waals surface area (Å²) < 4.78 is 22.9. The average Bonchev–Trinajstić information content (AvgIpc) is 2.81. The SMILES string of the molecule is CN=C(NCCCOc1cccc(OC)c1)N1CCC(OCC2CCCCO2)CC1. The van der Waals surface area contributed by atoms with Crippen molar-refractivity contribution in [3.8, 4) is 11.5 Å². The number of benzene rings is 1. The lowest BCUT2D eigenvalue weighted by atomic mass is 10.1. The molecule has 7 nitrogen and oxygen atoms in total. The second-order valence-electron chi connectivity index (χ2n) is 7.86. The first-order chi connectivity index (χ1) is 14.8. The molecule has 1 atom stereocenters. The Morgan fingerprint density at radius 3 is 2.77 bits per heavy atom. The molecule has 0 saturated carbocycles. The number of nitrogens with zero attached hydrogens (tertiary/aromatic N) is 2. The minimum atomic E-state index is 0.297. The van der Waals surface area contributed by atoms with Gasteiger partial charge in [0.05, 0.1) is 32.5 Å². The molecule has 0 aliphatic carbocycles. The summed E-state index contributed by atoms with van der Waals surface area (Å²) in [6.45, 7) is 5.04. The molecule has 2 fully saturated rings. The number of hydrogen-bond donors (Lipinski definition) is 1. The van der Waals surface area contributed by atoms with Gasteiger partial charge in [-0.25, -0.2) is 0 Å². The minimum Gasteiger partial charge on any atom is -0.497 e. The molecule has 0 bridgehead atoms. The van der Waals surface area contributed by atoms with Crippen LogP contribution in [0, 0.1) is 0 Å². The molecule has 2 aliphatic heterocycles. The molecule has 3 rings (SSSR count). The number of hydrogen-bond acceptors (Lipinski definition) is 5. The number of likely N-dealkylation sites (tertiary alicyclic amines) is 1.